The van der Waals surface area contributed by atoms with Crippen LogP contribution in [0, 0.1) is 0 Å². The van der Waals surface area contributed by atoms with Gasteiger partial charge in [-0.3, -0.25) is 19.0 Å². The molecule has 0 unspecified atom stereocenters. The molecule has 0 saturated carbocycles. The van der Waals surface area contributed by atoms with Crippen LogP contribution in [-0.2, 0) is 26.1 Å². The number of hydrogen-bond donors (Lipinski definition) is 2. The highest BCUT2D eigenvalue weighted by atomic mass is 32.2. The van der Waals surface area contributed by atoms with Crippen molar-refractivity contribution in [2.24, 2.45) is 0 Å². The van der Waals surface area contributed by atoms with Crippen molar-refractivity contribution >= 4 is 38.4 Å². The largest absolute Gasteiger partial charge is 0.493 e. The van der Waals surface area contributed by atoms with E-state index in [0.717, 1.165) is 56.9 Å². The van der Waals surface area contributed by atoms with Crippen LogP contribution in [0.3, 0.4) is 0 Å². The van der Waals surface area contributed by atoms with Gasteiger partial charge in [0.1, 0.15) is 5.58 Å². The molecule has 0 radical (unpaired) electrons. The molecule has 43 heavy (non-hydrogen) atoms. The molecule has 1 aliphatic heterocycles. The number of unbranched alkanes of at least 4 members (excludes halogenated alkanes) is 1. The van der Waals surface area contributed by atoms with Crippen LogP contribution in [0.1, 0.15) is 25.3 Å². The minimum atomic E-state index is -3.81. The highest BCUT2D eigenvalue weighted by Gasteiger charge is 2.18. The van der Waals surface area contributed by atoms with Gasteiger partial charge in [-0.2, -0.15) is 8.42 Å². The molecule has 1 amide bonds. The first-order chi connectivity index (χ1) is 20.5. The van der Waals surface area contributed by atoms with E-state index >= 15 is 0 Å². The van der Waals surface area contributed by atoms with E-state index in [1.807, 2.05) is 18.2 Å². The third-order valence-electron chi connectivity index (χ3n) is 6.97. The van der Waals surface area contributed by atoms with Crippen LogP contribution < -0.4 is 25.1 Å². The molecular formula is C30H41N3O9S. The molecule has 2 aromatic carbocycles. The van der Waals surface area contributed by atoms with Crippen LogP contribution in [0.25, 0.3) is 11.0 Å². The quantitative estimate of drug-likeness (QED) is 0.227. The molecule has 1 aromatic heterocycles. The molecule has 4 rings (SSSR count). The number of nitrogens with one attached hydrogen (secondary N) is 1. The van der Waals surface area contributed by atoms with Gasteiger partial charge in [-0.05, 0) is 50.1 Å². The summed E-state index contributed by atoms with van der Waals surface area (Å²) in [5, 5.41) is 3.36. The molecule has 13 heteroatoms. The van der Waals surface area contributed by atoms with Crippen molar-refractivity contribution in [2.75, 3.05) is 76.6 Å². The smallest absolute Gasteiger partial charge is 0.267 e. The van der Waals surface area contributed by atoms with E-state index in [9.17, 15) is 18.0 Å². The number of amides is 1. The van der Waals surface area contributed by atoms with Crippen LogP contribution in [0.2, 0.25) is 0 Å². The van der Waals surface area contributed by atoms with Gasteiger partial charge in [0.2, 0.25) is 5.91 Å². The second kappa shape index (κ2) is 16.3. The maximum absolute atomic E-state index is 13.0. The van der Waals surface area contributed by atoms with Gasteiger partial charge < -0.3 is 28.8 Å². The molecule has 1 aliphatic rings. The van der Waals surface area contributed by atoms with Crippen molar-refractivity contribution in [1.82, 2.24) is 4.90 Å². The zero-order valence-electron chi connectivity index (χ0n) is 25.1. The van der Waals surface area contributed by atoms with E-state index < -0.39 is 10.1 Å². The van der Waals surface area contributed by atoms with Gasteiger partial charge in [-0.15, -0.1) is 0 Å². The van der Waals surface area contributed by atoms with Crippen LogP contribution in [0.15, 0.2) is 51.9 Å². The third-order valence-corrected chi connectivity index (χ3v) is 7.65. The topological polar surface area (TPSA) is 148 Å². The number of nitrogens with zero attached hydrogens (tertiary/aromatic N) is 2. The molecular weight excluding hydrogens is 578 g/mol. The summed E-state index contributed by atoms with van der Waals surface area (Å²) in [5.74, 6) is 0.666. The number of aryl methyl sites for hydroxylation is 1. The van der Waals surface area contributed by atoms with E-state index in [2.05, 4.69) is 25.9 Å². The Morgan fingerprint density at radius 2 is 1.72 bits per heavy atom. The fourth-order valence-electron chi connectivity index (χ4n) is 4.72. The predicted octanol–water partition coefficient (Wildman–Crippen LogP) is 3.43. The lowest BCUT2D eigenvalue weighted by atomic mass is 10.1. The molecule has 1 saturated heterocycles. The van der Waals surface area contributed by atoms with Crippen molar-refractivity contribution in [1.29, 1.82) is 0 Å². The molecule has 12 nitrogen and oxygen atoms in total. The maximum atomic E-state index is 13.0. The SMILES string of the molecule is COCCS(=O)(=O)O.COc1cc2occ(CCCCN3CCN(c4cccc(NC(C)=O)c4)CC3)c(=O)c2cc1OC. The highest BCUT2D eigenvalue weighted by molar-refractivity contribution is 7.85. The summed E-state index contributed by atoms with van der Waals surface area (Å²) in [7, 11) is 0.666. The van der Waals surface area contributed by atoms with Crippen LogP contribution in [-0.4, -0.2) is 90.2 Å². The Hall–Kier alpha value is -3.65. The molecule has 0 bridgehead atoms. The summed E-state index contributed by atoms with van der Waals surface area (Å²) in [6.45, 7) is 6.44. The normalized spacial score (nSPS) is 13.7. The first-order valence-corrected chi connectivity index (χ1v) is 15.6. The van der Waals surface area contributed by atoms with Crippen LogP contribution in [0.5, 0.6) is 11.5 Å². The van der Waals surface area contributed by atoms with Gasteiger partial charge in [0.15, 0.2) is 16.9 Å². The Morgan fingerprint density at radius 1 is 1.02 bits per heavy atom. The summed E-state index contributed by atoms with van der Waals surface area (Å²) in [6, 6.07) is 11.4. The Labute approximate surface area is 252 Å². The van der Waals surface area contributed by atoms with Crippen LogP contribution in [0.4, 0.5) is 11.4 Å². The fraction of sp³-hybridized carbons (Fsp3) is 0.467. The van der Waals surface area contributed by atoms with Gasteiger partial charge in [-0.25, -0.2) is 0 Å². The first-order valence-electron chi connectivity index (χ1n) is 14.0. The molecule has 0 aliphatic carbocycles. The Kier molecular flexibility index (Phi) is 12.8. The maximum Gasteiger partial charge on any atom is 0.267 e. The average molecular weight is 620 g/mol. The number of benzene rings is 2. The summed E-state index contributed by atoms with van der Waals surface area (Å²) in [6.07, 6.45) is 4.19. The second-order valence-corrected chi connectivity index (χ2v) is 11.7. The molecule has 2 N–H and O–H groups in total. The zero-order valence-corrected chi connectivity index (χ0v) is 25.9. The minimum absolute atomic E-state index is 0.0117. The average Bonchev–Trinajstić information content (AvgIpc) is 2.98. The standard InChI is InChI=1S/C27H33N3O5.C3H8O4S/c1-19(31)28-21-8-6-9-22(15-21)30-13-11-29(12-14-30)10-5-4-7-20-18-35-24-17-26(34-3)25(33-2)16-23(24)27(20)32;1-7-2-3-8(4,5)6/h6,8-9,15-18H,4-5,7,10-14H2,1-3H3,(H,28,31);2-3H2,1H3,(H,4,5,6). The van der Waals surface area contributed by atoms with E-state index in [1.165, 1.54) is 14.0 Å². The number of anilines is 2. The number of carbonyl (C=O) groups is 1. The lowest BCUT2D eigenvalue weighted by Crippen LogP contribution is -2.46. The number of ether oxygens (including phenoxy) is 3. The summed E-state index contributed by atoms with van der Waals surface area (Å²) in [5.41, 5.74) is 3.13. The van der Waals surface area contributed by atoms with Gasteiger partial charge in [-0.1, -0.05) is 6.07 Å². The molecule has 1 fully saturated rings. The van der Waals surface area contributed by atoms with Crippen molar-refractivity contribution in [2.45, 2.75) is 26.2 Å². The van der Waals surface area contributed by atoms with Gasteiger partial charge in [0.25, 0.3) is 10.1 Å². The minimum Gasteiger partial charge on any atom is -0.493 e. The molecule has 0 atom stereocenters. The monoisotopic (exact) mass is 619 g/mol. The van der Waals surface area contributed by atoms with Crippen LogP contribution >= 0.6 is 0 Å². The fourth-order valence-corrected chi connectivity index (χ4v) is 5.10. The van der Waals surface area contributed by atoms with E-state index in [0.29, 0.717) is 34.5 Å². The highest BCUT2D eigenvalue weighted by Crippen LogP contribution is 2.31. The Balaban J connectivity index is 0.000000557. The second-order valence-electron chi connectivity index (χ2n) is 10.1. The molecule has 2 heterocycles. The third kappa shape index (κ3) is 10.5. The van der Waals surface area contributed by atoms with Crippen molar-refractivity contribution in [3.63, 3.8) is 0 Å². The molecule has 236 valence electrons. The summed E-state index contributed by atoms with van der Waals surface area (Å²) < 4.78 is 48.5. The Bertz CT molecular complexity index is 1520. The number of methoxy groups -OCH3 is 3. The summed E-state index contributed by atoms with van der Waals surface area (Å²) >= 11 is 0. The lowest BCUT2D eigenvalue weighted by molar-refractivity contribution is -0.114. The number of hydrogen-bond acceptors (Lipinski definition) is 10. The van der Waals surface area contributed by atoms with Gasteiger partial charge in [0.05, 0.1) is 38.2 Å². The van der Waals surface area contributed by atoms with E-state index in [1.54, 1.807) is 32.6 Å². The number of carbonyl (C=O) groups excluding carboxylic acids is 1. The summed E-state index contributed by atoms with van der Waals surface area (Å²) in [4.78, 5) is 29.1. The first kappa shape index (κ1) is 33.8. The molecule has 3 aromatic rings. The Morgan fingerprint density at radius 3 is 2.33 bits per heavy atom. The van der Waals surface area contributed by atoms with E-state index in [4.69, 9.17) is 18.4 Å². The van der Waals surface area contributed by atoms with Crippen molar-refractivity contribution < 1.29 is 36.4 Å². The zero-order chi connectivity index (χ0) is 31.4. The number of piperazine rings is 1. The number of rotatable bonds is 12. The number of fused-ring (bicyclic) bond motifs is 1. The van der Waals surface area contributed by atoms with E-state index in [-0.39, 0.29) is 23.7 Å². The van der Waals surface area contributed by atoms with Crippen molar-refractivity contribution in [3.05, 3.63) is 58.4 Å². The predicted molar refractivity (Wildman–Crippen MR) is 166 cm³/mol. The lowest BCUT2D eigenvalue weighted by Gasteiger charge is -2.36. The van der Waals surface area contributed by atoms with Gasteiger partial charge in [0, 0.05) is 63.2 Å². The van der Waals surface area contributed by atoms with Gasteiger partial charge >= 0.3 is 0 Å². The van der Waals surface area contributed by atoms with Crippen molar-refractivity contribution in [3.8, 4) is 11.5 Å². The molecule has 0 spiro atoms.